The Morgan fingerprint density at radius 3 is 2.14 bits per heavy atom. The number of urea groups is 1. The Bertz CT molecular complexity index is 614. The molecule has 118 valence electrons. The van der Waals surface area contributed by atoms with Gasteiger partial charge in [0.2, 0.25) is 0 Å². The van der Waals surface area contributed by atoms with Crippen LogP contribution in [0.3, 0.4) is 0 Å². The molecular formula is C16H20N2O4. The summed E-state index contributed by atoms with van der Waals surface area (Å²) >= 11 is 0. The first-order valence-corrected chi connectivity index (χ1v) is 7.18. The average molecular weight is 304 g/mol. The minimum atomic E-state index is -1.32. The molecule has 1 saturated heterocycles. The van der Waals surface area contributed by atoms with E-state index in [9.17, 15) is 19.5 Å². The van der Waals surface area contributed by atoms with Crippen molar-refractivity contribution < 1.29 is 19.5 Å². The maximum absolute atomic E-state index is 12.9. The third kappa shape index (κ3) is 2.15. The normalized spacial score (nSPS) is 23.3. The number of carboxylic acid groups (broad SMARTS) is 1. The van der Waals surface area contributed by atoms with Gasteiger partial charge in [-0.25, -0.2) is 9.59 Å². The summed E-state index contributed by atoms with van der Waals surface area (Å²) in [5.41, 5.74) is -0.718. The SMILES string of the molecule is CC(C)N1C(=O)N(C(C)C(=O)O)C(C)(c2ccccc2)C1=O. The van der Waals surface area contributed by atoms with Gasteiger partial charge >= 0.3 is 12.0 Å². The smallest absolute Gasteiger partial charge is 0.328 e. The van der Waals surface area contributed by atoms with Gasteiger partial charge < -0.3 is 5.11 Å². The minimum absolute atomic E-state index is 0.339. The number of imide groups is 1. The van der Waals surface area contributed by atoms with E-state index in [0.29, 0.717) is 5.56 Å². The molecule has 2 rings (SSSR count). The van der Waals surface area contributed by atoms with Crippen molar-refractivity contribution in [1.29, 1.82) is 0 Å². The summed E-state index contributed by atoms with van der Waals surface area (Å²) in [7, 11) is 0. The lowest BCUT2D eigenvalue weighted by molar-refractivity contribution is -0.144. The molecule has 1 aromatic carbocycles. The van der Waals surface area contributed by atoms with Crippen LogP contribution >= 0.6 is 0 Å². The minimum Gasteiger partial charge on any atom is -0.480 e. The van der Waals surface area contributed by atoms with Crippen LogP contribution in [0.2, 0.25) is 0 Å². The summed E-state index contributed by atoms with van der Waals surface area (Å²) in [5.74, 6) is -1.54. The van der Waals surface area contributed by atoms with E-state index < -0.39 is 29.5 Å². The Hall–Kier alpha value is -2.37. The molecule has 1 aliphatic rings. The van der Waals surface area contributed by atoms with Crippen molar-refractivity contribution in [1.82, 2.24) is 9.80 Å². The number of nitrogens with zero attached hydrogens (tertiary/aromatic N) is 2. The number of carboxylic acids is 1. The van der Waals surface area contributed by atoms with Gasteiger partial charge in [0.05, 0.1) is 0 Å². The van der Waals surface area contributed by atoms with Gasteiger partial charge in [-0.05, 0) is 33.3 Å². The van der Waals surface area contributed by atoms with Gasteiger partial charge in [0.15, 0.2) is 0 Å². The topological polar surface area (TPSA) is 77.9 Å². The average Bonchev–Trinajstić information content (AvgIpc) is 2.67. The van der Waals surface area contributed by atoms with Crippen LogP contribution in [-0.4, -0.2) is 44.9 Å². The van der Waals surface area contributed by atoms with Crippen LogP contribution < -0.4 is 0 Å². The lowest BCUT2D eigenvalue weighted by atomic mass is 9.89. The first-order valence-electron chi connectivity index (χ1n) is 7.18. The van der Waals surface area contributed by atoms with Gasteiger partial charge in [-0.15, -0.1) is 0 Å². The first-order chi connectivity index (χ1) is 10.2. The molecule has 3 amide bonds. The summed E-state index contributed by atoms with van der Waals surface area (Å²) in [5, 5.41) is 9.33. The number of carbonyl (C=O) groups is 3. The standard InChI is InChI=1S/C16H20N2O4/c1-10(2)17-14(21)16(4,12-8-6-5-7-9-12)18(15(17)22)11(3)13(19)20/h5-11H,1-4H3,(H,19,20). The highest BCUT2D eigenvalue weighted by Gasteiger charge is 2.58. The lowest BCUT2D eigenvalue weighted by Crippen LogP contribution is -2.51. The van der Waals surface area contributed by atoms with Crippen molar-refractivity contribution in [2.75, 3.05) is 0 Å². The molecule has 1 aliphatic heterocycles. The van der Waals surface area contributed by atoms with Crippen molar-refractivity contribution in [3.05, 3.63) is 35.9 Å². The highest BCUT2D eigenvalue weighted by molar-refractivity contribution is 6.08. The summed E-state index contributed by atoms with van der Waals surface area (Å²) in [4.78, 5) is 39.2. The molecule has 22 heavy (non-hydrogen) atoms. The molecule has 0 saturated carbocycles. The zero-order valence-corrected chi connectivity index (χ0v) is 13.1. The maximum Gasteiger partial charge on any atom is 0.328 e. The van der Waals surface area contributed by atoms with E-state index in [1.807, 2.05) is 0 Å². The Balaban J connectivity index is 2.63. The number of aliphatic carboxylic acids is 1. The van der Waals surface area contributed by atoms with Gasteiger partial charge in [-0.2, -0.15) is 0 Å². The van der Waals surface area contributed by atoms with Crippen molar-refractivity contribution >= 4 is 17.9 Å². The fraction of sp³-hybridized carbons (Fsp3) is 0.438. The van der Waals surface area contributed by atoms with Crippen LogP contribution in [0, 0.1) is 0 Å². The maximum atomic E-state index is 12.9. The Labute approximate surface area is 129 Å². The number of amides is 3. The van der Waals surface area contributed by atoms with Crippen LogP contribution in [0.1, 0.15) is 33.3 Å². The van der Waals surface area contributed by atoms with E-state index in [4.69, 9.17) is 0 Å². The van der Waals surface area contributed by atoms with Crippen LogP contribution in [0.5, 0.6) is 0 Å². The largest absolute Gasteiger partial charge is 0.480 e. The second-order valence-electron chi connectivity index (χ2n) is 5.87. The van der Waals surface area contributed by atoms with E-state index in [2.05, 4.69) is 0 Å². The van der Waals surface area contributed by atoms with Crippen LogP contribution in [0.4, 0.5) is 4.79 Å². The molecule has 0 bridgehead atoms. The molecule has 0 spiro atoms. The molecule has 1 aromatic rings. The Morgan fingerprint density at radius 1 is 1.14 bits per heavy atom. The van der Waals surface area contributed by atoms with Crippen molar-refractivity contribution in [2.45, 2.75) is 45.3 Å². The Morgan fingerprint density at radius 2 is 1.68 bits per heavy atom. The molecule has 1 N–H and O–H groups in total. The number of rotatable bonds is 4. The summed E-state index contributed by atoms with van der Waals surface area (Å²) in [6.07, 6.45) is 0. The van der Waals surface area contributed by atoms with Crippen molar-refractivity contribution in [2.24, 2.45) is 0 Å². The zero-order chi connectivity index (χ0) is 16.7. The number of hydrogen-bond donors (Lipinski definition) is 1. The summed E-state index contributed by atoms with van der Waals surface area (Å²) in [6.45, 7) is 6.48. The molecule has 6 heteroatoms. The van der Waals surface area contributed by atoms with E-state index in [1.54, 1.807) is 51.1 Å². The van der Waals surface area contributed by atoms with Crippen LogP contribution in [0.15, 0.2) is 30.3 Å². The van der Waals surface area contributed by atoms with E-state index in [1.165, 1.54) is 6.92 Å². The van der Waals surface area contributed by atoms with E-state index >= 15 is 0 Å². The highest BCUT2D eigenvalue weighted by atomic mass is 16.4. The molecule has 1 fully saturated rings. The predicted octanol–water partition coefficient (Wildman–Crippen LogP) is 2.05. The predicted molar refractivity (Wildman–Crippen MR) is 80.1 cm³/mol. The quantitative estimate of drug-likeness (QED) is 0.864. The molecule has 0 radical (unpaired) electrons. The molecule has 0 aliphatic carbocycles. The van der Waals surface area contributed by atoms with E-state index in [0.717, 1.165) is 9.80 Å². The highest BCUT2D eigenvalue weighted by Crippen LogP contribution is 2.39. The fourth-order valence-corrected chi connectivity index (χ4v) is 2.88. The monoisotopic (exact) mass is 304 g/mol. The van der Waals surface area contributed by atoms with Crippen LogP contribution in [0.25, 0.3) is 0 Å². The molecule has 1 heterocycles. The second-order valence-corrected chi connectivity index (χ2v) is 5.87. The summed E-state index contributed by atoms with van der Waals surface area (Å²) < 4.78 is 0. The molecule has 2 atom stereocenters. The first kappa shape index (κ1) is 16.0. The van der Waals surface area contributed by atoms with Gasteiger partial charge in [0.25, 0.3) is 5.91 Å². The number of benzene rings is 1. The van der Waals surface area contributed by atoms with Gasteiger partial charge in [-0.3, -0.25) is 14.6 Å². The molecule has 0 aromatic heterocycles. The van der Waals surface area contributed by atoms with Gasteiger partial charge in [0.1, 0.15) is 11.6 Å². The lowest BCUT2D eigenvalue weighted by Gasteiger charge is -2.34. The third-order valence-corrected chi connectivity index (χ3v) is 4.13. The third-order valence-electron chi connectivity index (χ3n) is 4.13. The number of carbonyl (C=O) groups excluding carboxylic acids is 2. The van der Waals surface area contributed by atoms with E-state index in [-0.39, 0.29) is 6.04 Å². The Kier molecular flexibility index (Phi) is 3.96. The molecule has 2 unspecified atom stereocenters. The molecule has 6 nitrogen and oxygen atoms in total. The second kappa shape index (κ2) is 5.44. The van der Waals surface area contributed by atoms with Gasteiger partial charge in [-0.1, -0.05) is 30.3 Å². The fourth-order valence-electron chi connectivity index (χ4n) is 2.88. The molecular weight excluding hydrogens is 284 g/mol. The zero-order valence-electron chi connectivity index (χ0n) is 13.1. The van der Waals surface area contributed by atoms with Crippen molar-refractivity contribution in [3.8, 4) is 0 Å². The number of hydrogen-bond acceptors (Lipinski definition) is 3. The van der Waals surface area contributed by atoms with Crippen LogP contribution in [-0.2, 0) is 15.1 Å². The van der Waals surface area contributed by atoms with Crippen molar-refractivity contribution in [3.63, 3.8) is 0 Å². The van der Waals surface area contributed by atoms with Gasteiger partial charge in [0, 0.05) is 6.04 Å². The summed E-state index contributed by atoms with van der Waals surface area (Å²) in [6, 6.07) is 6.78.